The lowest BCUT2D eigenvalue weighted by Gasteiger charge is -2.15. The SMILES string of the molecule is CCOCC(=O)NC1CCN(C2CC2)C1. The van der Waals surface area contributed by atoms with Gasteiger partial charge in [0.1, 0.15) is 6.61 Å². The van der Waals surface area contributed by atoms with Crippen LogP contribution in [0.5, 0.6) is 0 Å². The fourth-order valence-electron chi connectivity index (χ4n) is 2.14. The number of ether oxygens (including phenoxy) is 1. The van der Waals surface area contributed by atoms with Gasteiger partial charge in [0.2, 0.25) is 5.91 Å². The Morgan fingerprint density at radius 2 is 2.27 bits per heavy atom. The van der Waals surface area contributed by atoms with Crippen LogP contribution in [0.3, 0.4) is 0 Å². The molecule has 2 rings (SSSR count). The minimum atomic E-state index is 0.0273. The van der Waals surface area contributed by atoms with Crippen molar-refractivity contribution < 1.29 is 9.53 Å². The Hall–Kier alpha value is -0.610. The summed E-state index contributed by atoms with van der Waals surface area (Å²) in [5, 5.41) is 3.02. The highest BCUT2D eigenvalue weighted by Crippen LogP contribution is 2.29. The number of rotatable bonds is 5. The third-order valence-corrected chi connectivity index (χ3v) is 3.09. The standard InChI is InChI=1S/C11H20N2O2/c1-2-15-8-11(14)12-9-5-6-13(7-9)10-3-4-10/h9-10H,2-8H2,1H3,(H,12,14). The van der Waals surface area contributed by atoms with Crippen LogP contribution in [0.1, 0.15) is 26.2 Å². The van der Waals surface area contributed by atoms with Crippen molar-refractivity contribution in [2.24, 2.45) is 0 Å². The van der Waals surface area contributed by atoms with Gasteiger partial charge in [-0.2, -0.15) is 0 Å². The summed E-state index contributed by atoms with van der Waals surface area (Å²) in [7, 11) is 0. The molecule has 4 heteroatoms. The Morgan fingerprint density at radius 3 is 2.93 bits per heavy atom. The van der Waals surface area contributed by atoms with Crippen molar-refractivity contribution in [3.63, 3.8) is 0 Å². The van der Waals surface area contributed by atoms with E-state index in [1.54, 1.807) is 0 Å². The van der Waals surface area contributed by atoms with Gasteiger partial charge in [-0.1, -0.05) is 0 Å². The van der Waals surface area contributed by atoms with E-state index in [0.717, 1.165) is 25.6 Å². The van der Waals surface area contributed by atoms with Crippen LogP contribution in [-0.4, -0.2) is 49.2 Å². The molecule has 2 aliphatic rings. The van der Waals surface area contributed by atoms with E-state index in [-0.39, 0.29) is 12.5 Å². The zero-order chi connectivity index (χ0) is 10.7. The summed E-state index contributed by atoms with van der Waals surface area (Å²) in [6, 6.07) is 1.16. The van der Waals surface area contributed by atoms with Crippen LogP contribution >= 0.6 is 0 Å². The summed E-state index contributed by atoms with van der Waals surface area (Å²) in [6.07, 6.45) is 3.79. The summed E-state index contributed by atoms with van der Waals surface area (Å²) in [6.45, 7) is 4.88. The van der Waals surface area contributed by atoms with Gasteiger partial charge in [-0.3, -0.25) is 9.69 Å². The molecule has 0 aromatic carbocycles. The molecule has 4 nitrogen and oxygen atoms in total. The van der Waals surface area contributed by atoms with Crippen molar-refractivity contribution in [1.82, 2.24) is 10.2 Å². The van der Waals surface area contributed by atoms with E-state index < -0.39 is 0 Å². The van der Waals surface area contributed by atoms with Crippen molar-refractivity contribution in [2.45, 2.75) is 38.3 Å². The molecule has 1 saturated carbocycles. The lowest BCUT2D eigenvalue weighted by atomic mass is 10.2. The van der Waals surface area contributed by atoms with E-state index in [1.807, 2.05) is 6.92 Å². The quantitative estimate of drug-likeness (QED) is 0.716. The molecule has 1 aliphatic heterocycles. The molecule has 0 radical (unpaired) electrons. The predicted molar refractivity (Wildman–Crippen MR) is 57.6 cm³/mol. The first-order chi connectivity index (χ1) is 7.29. The average Bonchev–Trinajstić information content (AvgIpc) is 2.98. The molecule has 1 aliphatic carbocycles. The molecular weight excluding hydrogens is 192 g/mol. The minimum Gasteiger partial charge on any atom is -0.372 e. The molecule has 1 heterocycles. The number of hydrogen-bond donors (Lipinski definition) is 1. The van der Waals surface area contributed by atoms with Crippen LogP contribution in [0.2, 0.25) is 0 Å². The van der Waals surface area contributed by atoms with Gasteiger partial charge in [0.05, 0.1) is 0 Å². The highest BCUT2D eigenvalue weighted by atomic mass is 16.5. The molecule has 1 amide bonds. The molecule has 1 unspecified atom stereocenters. The summed E-state index contributed by atoms with van der Waals surface area (Å²) in [5.74, 6) is 0.0273. The predicted octanol–water partition coefficient (Wildman–Crippen LogP) is 0.376. The first-order valence-corrected chi connectivity index (χ1v) is 5.90. The Balaban J connectivity index is 1.65. The van der Waals surface area contributed by atoms with Gasteiger partial charge in [-0.15, -0.1) is 0 Å². The highest BCUT2D eigenvalue weighted by Gasteiger charge is 2.34. The van der Waals surface area contributed by atoms with Crippen LogP contribution in [0, 0.1) is 0 Å². The lowest BCUT2D eigenvalue weighted by Crippen LogP contribution is -2.39. The van der Waals surface area contributed by atoms with E-state index in [0.29, 0.717) is 12.6 Å². The van der Waals surface area contributed by atoms with Gasteiger partial charge >= 0.3 is 0 Å². The van der Waals surface area contributed by atoms with E-state index in [4.69, 9.17) is 4.74 Å². The number of likely N-dealkylation sites (tertiary alicyclic amines) is 1. The molecule has 0 aromatic rings. The van der Waals surface area contributed by atoms with Crippen LogP contribution in [0.15, 0.2) is 0 Å². The second-order valence-corrected chi connectivity index (χ2v) is 4.42. The van der Waals surface area contributed by atoms with Crippen LogP contribution in [0.25, 0.3) is 0 Å². The zero-order valence-electron chi connectivity index (χ0n) is 9.37. The normalized spacial score (nSPS) is 26.9. The Labute approximate surface area is 91.0 Å². The number of carbonyl (C=O) groups excluding carboxylic acids is 1. The molecule has 15 heavy (non-hydrogen) atoms. The third kappa shape index (κ3) is 3.18. The van der Waals surface area contributed by atoms with E-state index in [1.165, 1.54) is 12.8 Å². The Bertz CT molecular complexity index is 229. The van der Waals surface area contributed by atoms with E-state index in [9.17, 15) is 4.79 Å². The second kappa shape index (κ2) is 4.94. The van der Waals surface area contributed by atoms with E-state index in [2.05, 4.69) is 10.2 Å². The maximum Gasteiger partial charge on any atom is 0.246 e. The molecule has 0 bridgehead atoms. The van der Waals surface area contributed by atoms with Crippen LogP contribution in [-0.2, 0) is 9.53 Å². The molecule has 2 fully saturated rings. The molecule has 1 saturated heterocycles. The highest BCUT2D eigenvalue weighted by molar-refractivity contribution is 5.77. The number of carbonyl (C=O) groups is 1. The zero-order valence-corrected chi connectivity index (χ0v) is 9.37. The summed E-state index contributed by atoms with van der Waals surface area (Å²) >= 11 is 0. The fraction of sp³-hybridized carbons (Fsp3) is 0.909. The topological polar surface area (TPSA) is 41.6 Å². The second-order valence-electron chi connectivity index (χ2n) is 4.42. The smallest absolute Gasteiger partial charge is 0.246 e. The van der Waals surface area contributed by atoms with Crippen molar-refractivity contribution in [3.8, 4) is 0 Å². The molecule has 1 atom stereocenters. The van der Waals surface area contributed by atoms with Gasteiger partial charge in [-0.05, 0) is 26.2 Å². The van der Waals surface area contributed by atoms with Gasteiger partial charge in [0.15, 0.2) is 0 Å². The Kier molecular flexibility index (Phi) is 3.59. The fourth-order valence-corrected chi connectivity index (χ4v) is 2.14. The summed E-state index contributed by atoms with van der Waals surface area (Å²) in [5.41, 5.74) is 0. The maximum atomic E-state index is 11.4. The monoisotopic (exact) mass is 212 g/mol. The number of nitrogens with one attached hydrogen (secondary N) is 1. The maximum absolute atomic E-state index is 11.4. The molecule has 1 N–H and O–H groups in total. The van der Waals surface area contributed by atoms with Gasteiger partial charge in [-0.25, -0.2) is 0 Å². The van der Waals surface area contributed by atoms with Crippen molar-refractivity contribution in [1.29, 1.82) is 0 Å². The van der Waals surface area contributed by atoms with Crippen molar-refractivity contribution in [3.05, 3.63) is 0 Å². The molecule has 0 aromatic heterocycles. The van der Waals surface area contributed by atoms with Gasteiger partial charge in [0.25, 0.3) is 0 Å². The first-order valence-electron chi connectivity index (χ1n) is 5.90. The number of nitrogens with zero attached hydrogens (tertiary/aromatic N) is 1. The van der Waals surface area contributed by atoms with Gasteiger partial charge < -0.3 is 10.1 Å². The van der Waals surface area contributed by atoms with Crippen LogP contribution < -0.4 is 5.32 Å². The first kappa shape index (κ1) is 10.9. The van der Waals surface area contributed by atoms with Gasteiger partial charge in [0, 0.05) is 31.8 Å². The van der Waals surface area contributed by atoms with Crippen molar-refractivity contribution in [2.75, 3.05) is 26.3 Å². The lowest BCUT2D eigenvalue weighted by molar-refractivity contribution is -0.126. The van der Waals surface area contributed by atoms with Crippen molar-refractivity contribution >= 4 is 5.91 Å². The summed E-state index contributed by atoms with van der Waals surface area (Å²) in [4.78, 5) is 13.9. The summed E-state index contributed by atoms with van der Waals surface area (Å²) < 4.78 is 5.07. The average molecular weight is 212 g/mol. The van der Waals surface area contributed by atoms with Crippen LogP contribution in [0.4, 0.5) is 0 Å². The molecular formula is C11H20N2O2. The number of amides is 1. The molecule has 86 valence electrons. The number of hydrogen-bond acceptors (Lipinski definition) is 3. The Morgan fingerprint density at radius 1 is 1.47 bits per heavy atom. The van der Waals surface area contributed by atoms with E-state index >= 15 is 0 Å². The minimum absolute atomic E-state index is 0.0273. The molecule has 0 spiro atoms. The largest absolute Gasteiger partial charge is 0.372 e. The third-order valence-electron chi connectivity index (χ3n) is 3.09.